The van der Waals surface area contributed by atoms with E-state index in [4.69, 9.17) is 4.74 Å². The van der Waals surface area contributed by atoms with E-state index in [0.29, 0.717) is 24.7 Å². The van der Waals surface area contributed by atoms with Crippen molar-refractivity contribution >= 4 is 11.9 Å². The lowest BCUT2D eigenvalue weighted by atomic mass is 10.3. The Morgan fingerprint density at radius 3 is 2.88 bits per heavy atom. The fourth-order valence-corrected chi connectivity index (χ4v) is 2.68. The minimum Gasteiger partial charge on any atom is -0.379 e. The van der Waals surface area contributed by atoms with E-state index in [-0.39, 0.29) is 5.91 Å². The number of nitrogens with one attached hydrogen (secondary N) is 2. The van der Waals surface area contributed by atoms with Crippen LogP contribution in [0.1, 0.15) is 21.9 Å². The number of anilines is 1. The molecule has 26 heavy (non-hydrogen) atoms. The van der Waals surface area contributed by atoms with Crippen LogP contribution in [0.5, 0.6) is 0 Å². The lowest BCUT2D eigenvalue weighted by Crippen LogP contribution is -2.41. The van der Waals surface area contributed by atoms with Gasteiger partial charge in [0.05, 0.1) is 25.5 Å². The molecule has 0 aliphatic carbocycles. The number of aryl methyl sites for hydroxylation is 1. The Kier molecular flexibility index (Phi) is 6.45. The molecule has 8 heteroatoms. The summed E-state index contributed by atoms with van der Waals surface area (Å²) in [6, 6.07) is 7.40. The Morgan fingerprint density at radius 2 is 2.12 bits per heavy atom. The third-order valence-corrected chi connectivity index (χ3v) is 4.06. The van der Waals surface area contributed by atoms with Crippen LogP contribution >= 0.6 is 0 Å². The Balaban J connectivity index is 1.53. The fraction of sp³-hybridized carbons (Fsp3) is 0.444. The van der Waals surface area contributed by atoms with Gasteiger partial charge in [-0.25, -0.2) is 9.97 Å². The van der Waals surface area contributed by atoms with Gasteiger partial charge in [0, 0.05) is 38.1 Å². The molecular formula is C18H24N6O2. The molecule has 0 saturated carbocycles. The molecule has 0 bridgehead atoms. The minimum absolute atomic E-state index is 0.190. The van der Waals surface area contributed by atoms with Crippen LogP contribution in [0.3, 0.4) is 0 Å². The standard InChI is InChI=1S/C18H24N6O2/c1-14-12-16(17(25)20-6-7-24-8-10-26-11-9-24)23-18(22-14)21-13-15-4-2-3-5-19-15/h2-5,12H,6-11,13H2,1H3,(H,20,25)(H,21,22,23). The second kappa shape index (κ2) is 9.21. The van der Waals surface area contributed by atoms with Gasteiger partial charge in [0.25, 0.3) is 5.91 Å². The first-order valence-electron chi connectivity index (χ1n) is 8.78. The largest absolute Gasteiger partial charge is 0.379 e. The Bertz CT molecular complexity index is 719. The molecule has 2 aromatic heterocycles. The zero-order valence-corrected chi connectivity index (χ0v) is 14.9. The third kappa shape index (κ3) is 5.47. The first-order valence-corrected chi connectivity index (χ1v) is 8.78. The highest BCUT2D eigenvalue weighted by Gasteiger charge is 2.13. The number of rotatable bonds is 7. The molecule has 0 atom stereocenters. The Morgan fingerprint density at radius 1 is 1.27 bits per heavy atom. The smallest absolute Gasteiger partial charge is 0.270 e. The number of hydrogen-bond acceptors (Lipinski definition) is 7. The van der Waals surface area contributed by atoms with Crippen molar-refractivity contribution in [1.82, 2.24) is 25.2 Å². The average Bonchev–Trinajstić information content (AvgIpc) is 2.67. The molecule has 3 rings (SSSR count). The molecule has 1 amide bonds. The molecule has 8 nitrogen and oxygen atoms in total. The highest BCUT2D eigenvalue weighted by atomic mass is 16.5. The van der Waals surface area contributed by atoms with Gasteiger partial charge in [-0.15, -0.1) is 0 Å². The van der Waals surface area contributed by atoms with E-state index in [0.717, 1.165) is 44.2 Å². The minimum atomic E-state index is -0.190. The molecule has 0 unspecified atom stereocenters. The van der Waals surface area contributed by atoms with Crippen molar-refractivity contribution in [2.45, 2.75) is 13.5 Å². The van der Waals surface area contributed by atoms with Crippen LogP contribution < -0.4 is 10.6 Å². The number of nitrogens with zero attached hydrogens (tertiary/aromatic N) is 4. The highest BCUT2D eigenvalue weighted by Crippen LogP contribution is 2.07. The monoisotopic (exact) mass is 356 g/mol. The van der Waals surface area contributed by atoms with E-state index in [1.165, 1.54) is 0 Å². The van der Waals surface area contributed by atoms with Crippen LogP contribution in [0.4, 0.5) is 5.95 Å². The van der Waals surface area contributed by atoms with Crippen molar-refractivity contribution in [3.8, 4) is 0 Å². The summed E-state index contributed by atoms with van der Waals surface area (Å²) in [5, 5.41) is 6.04. The maximum absolute atomic E-state index is 12.4. The first-order chi connectivity index (χ1) is 12.7. The second-order valence-electron chi connectivity index (χ2n) is 6.10. The molecule has 0 radical (unpaired) electrons. The van der Waals surface area contributed by atoms with Gasteiger partial charge < -0.3 is 15.4 Å². The summed E-state index contributed by atoms with van der Waals surface area (Å²) < 4.78 is 5.32. The second-order valence-corrected chi connectivity index (χ2v) is 6.10. The summed E-state index contributed by atoms with van der Waals surface area (Å²) in [6.45, 7) is 7.06. The summed E-state index contributed by atoms with van der Waals surface area (Å²) >= 11 is 0. The summed E-state index contributed by atoms with van der Waals surface area (Å²) in [5.41, 5.74) is 1.99. The molecular weight excluding hydrogens is 332 g/mol. The average molecular weight is 356 g/mol. The zero-order valence-electron chi connectivity index (χ0n) is 14.9. The molecule has 1 aliphatic heterocycles. The van der Waals surface area contributed by atoms with Gasteiger partial charge in [-0.05, 0) is 25.1 Å². The van der Waals surface area contributed by atoms with Crippen molar-refractivity contribution < 1.29 is 9.53 Å². The van der Waals surface area contributed by atoms with Gasteiger partial charge in [-0.3, -0.25) is 14.7 Å². The summed E-state index contributed by atoms with van der Waals surface area (Å²) in [7, 11) is 0. The summed E-state index contributed by atoms with van der Waals surface area (Å²) in [6.07, 6.45) is 1.74. The van der Waals surface area contributed by atoms with Gasteiger partial charge in [0.15, 0.2) is 0 Å². The topological polar surface area (TPSA) is 92.3 Å². The molecule has 3 heterocycles. The van der Waals surface area contributed by atoms with Crippen molar-refractivity contribution in [3.63, 3.8) is 0 Å². The molecule has 138 valence electrons. The van der Waals surface area contributed by atoms with Crippen molar-refractivity contribution in [2.24, 2.45) is 0 Å². The Labute approximate surface area is 153 Å². The van der Waals surface area contributed by atoms with E-state index >= 15 is 0 Å². The zero-order chi connectivity index (χ0) is 18.2. The lowest BCUT2D eigenvalue weighted by molar-refractivity contribution is 0.0383. The van der Waals surface area contributed by atoms with E-state index in [2.05, 4.69) is 30.5 Å². The quantitative estimate of drug-likeness (QED) is 0.760. The molecule has 2 N–H and O–H groups in total. The van der Waals surface area contributed by atoms with Crippen LogP contribution in [0.25, 0.3) is 0 Å². The first kappa shape index (κ1) is 18.2. The summed E-state index contributed by atoms with van der Waals surface area (Å²) in [4.78, 5) is 27.6. The maximum Gasteiger partial charge on any atom is 0.270 e. The number of amides is 1. The number of carbonyl (C=O) groups excluding carboxylic acids is 1. The van der Waals surface area contributed by atoms with Crippen LogP contribution in [0.2, 0.25) is 0 Å². The van der Waals surface area contributed by atoms with E-state index in [1.54, 1.807) is 12.3 Å². The summed E-state index contributed by atoms with van der Waals surface area (Å²) in [5.74, 6) is 0.235. The number of ether oxygens (including phenoxy) is 1. The van der Waals surface area contributed by atoms with Gasteiger partial charge >= 0.3 is 0 Å². The highest BCUT2D eigenvalue weighted by molar-refractivity contribution is 5.92. The lowest BCUT2D eigenvalue weighted by Gasteiger charge is -2.26. The van der Waals surface area contributed by atoms with Gasteiger partial charge in [0.1, 0.15) is 5.69 Å². The normalized spacial score (nSPS) is 14.8. The van der Waals surface area contributed by atoms with Crippen LogP contribution in [0, 0.1) is 6.92 Å². The number of pyridine rings is 1. The van der Waals surface area contributed by atoms with Crippen LogP contribution in [0.15, 0.2) is 30.5 Å². The van der Waals surface area contributed by atoms with E-state index in [1.807, 2.05) is 25.1 Å². The Hall–Kier alpha value is -2.58. The van der Waals surface area contributed by atoms with Gasteiger partial charge in [-0.2, -0.15) is 0 Å². The van der Waals surface area contributed by atoms with Crippen LogP contribution in [-0.2, 0) is 11.3 Å². The molecule has 0 aromatic carbocycles. The predicted molar refractivity (Wildman–Crippen MR) is 97.9 cm³/mol. The van der Waals surface area contributed by atoms with Crippen LogP contribution in [-0.4, -0.2) is 65.2 Å². The molecule has 1 aliphatic rings. The number of hydrogen-bond donors (Lipinski definition) is 2. The molecule has 0 spiro atoms. The number of morpholine rings is 1. The van der Waals surface area contributed by atoms with Crippen molar-refractivity contribution in [3.05, 3.63) is 47.5 Å². The number of aromatic nitrogens is 3. The van der Waals surface area contributed by atoms with Crippen molar-refractivity contribution in [1.29, 1.82) is 0 Å². The van der Waals surface area contributed by atoms with Crippen molar-refractivity contribution in [2.75, 3.05) is 44.7 Å². The predicted octanol–water partition coefficient (Wildman–Crippen LogP) is 0.854. The van der Waals surface area contributed by atoms with Gasteiger partial charge in [0.2, 0.25) is 5.95 Å². The SMILES string of the molecule is Cc1cc(C(=O)NCCN2CCOCC2)nc(NCc2ccccn2)n1. The molecule has 1 saturated heterocycles. The molecule has 1 fully saturated rings. The molecule has 2 aromatic rings. The fourth-order valence-electron chi connectivity index (χ4n) is 2.68. The van der Waals surface area contributed by atoms with E-state index < -0.39 is 0 Å². The number of carbonyl (C=O) groups is 1. The maximum atomic E-state index is 12.4. The third-order valence-electron chi connectivity index (χ3n) is 4.06. The van der Waals surface area contributed by atoms with Gasteiger partial charge in [-0.1, -0.05) is 6.07 Å². The van der Waals surface area contributed by atoms with E-state index in [9.17, 15) is 4.79 Å².